The van der Waals surface area contributed by atoms with Crippen LogP contribution in [0.1, 0.15) is 81.7 Å². The molecule has 1 aliphatic heterocycles. The lowest BCUT2D eigenvalue weighted by molar-refractivity contribution is -0.384. The second-order valence-corrected chi connectivity index (χ2v) is 13.3. The van der Waals surface area contributed by atoms with E-state index >= 15 is 0 Å². The molecule has 0 spiro atoms. The topological polar surface area (TPSA) is 130 Å². The summed E-state index contributed by atoms with van der Waals surface area (Å²) in [4.78, 5) is 38.2. The molecular weight excluding hydrogens is 562 g/mol. The van der Waals surface area contributed by atoms with E-state index in [-0.39, 0.29) is 42.7 Å². The zero-order valence-electron chi connectivity index (χ0n) is 25.7. The fourth-order valence-electron chi connectivity index (χ4n) is 7.72. The molecule has 3 aromatic rings. The number of nitrogens with zero attached hydrogens (tertiary/aromatic N) is 5. The number of nitro benzene ring substituents is 1. The van der Waals surface area contributed by atoms with Gasteiger partial charge in [-0.3, -0.25) is 19.8 Å². The Balaban J connectivity index is 1.08. The van der Waals surface area contributed by atoms with Gasteiger partial charge in [-0.15, -0.1) is 5.10 Å². The standard InChI is InChI=1S/C33H39N5O6/c1-21(2)22-9-11-28-23(15-22)10-12-29-32(28,3)13-6-14-33(29,4)30(39)43-20-24-17-36(35-34-24)18-27-19-37(31(40)44-27)25-7-5-8-26(16-25)38(41)42/h5,7-9,11,15-17,21,27,29H,6,10,12-14,18-20H2,1-4H3/t27?,29-,32-,33-/m1/s1. The number of benzene rings is 2. The van der Waals surface area contributed by atoms with E-state index < -0.39 is 22.5 Å². The van der Waals surface area contributed by atoms with E-state index in [0.717, 1.165) is 32.1 Å². The number of non-ortho nitro benzene ring substituents is 1. The fourth-order valence-corrected chi connectivity index (χ4v) is 7.72. The number of fused-ring (bicyclic) bond motifs is 3. The molecule has 2 aromatic carbocycles. The first-order chi connectivity index (χ1) is 21.0. The van der Waals surface area contributed by atoms with Crippen LogP contribution in [0.5, 0.6) is 0 Å². The number of cyclic esters (lactones) is 1. The van der Waals surface area contributed by atoms with Gasteiger partial charge in [-0.2, -0.15) is 0 Å². The van der Waals surface area contributed by atoms with Crippen molar-refractivity contribution in [2.24, 2.45) is 11.3 Å². The van der Waals surface area contributed by atoms with Crippen molar-refractivity contribution in [2.45, 2.75) is 90.4 Å². The van der Waals surface area contributed by atoms with Gasteiger partial charge in [0.25, 0.3) is 5.69 Å². The van der Waals surface area contributed by atoms with Crippen molar-refractivity contribution in [2.75, 3.05) is 11.4 Å². The molecule has 2 heterocycles. The predicted molar refractivity (Wildman–Crippen MR) is 162 cm³/mol. The summed E-state index contributed by atoms with van der Waals surface area (Å²) in [6.07, 6.45) is 5.34. The molecule has 11 heteroatoms. The van der Waals surface area contributed by atoms with Crippen LogP contribution in [0.25, 0.3) is 0 Å². The van der Waals surface area contributed by atoms with Crippen LogP contribution in [0.15, 0.2) is 48.7 Å². The van der Waals surface area contributed by atoms with Crippen molar-refractivity contribution < 1.29 is 24.0 Å². The molecule has 1 unspecified atom stereocenters. The van der Waals surface area contributed by atoms with Gasteiger partial charge in [0.05, 0.1) is 35.3 Å². The molecule has 1 saturated heterocycles. The first-order valence-corrected chi connectivity index (χ1v) is 15.4. The number of anilines is 1. The van der Waals surface area contributed by atoms with Crippen molar-refractivity contribution in [3.63, 3.8) is 0 Å². The van der Waals surface area contributed by atoms with Gasteiger partial charge in [0.15, 0.2) is 0 Å². The van der Waals surface area contributed by atoms with Crippen LogP contribution in [0.2, 0.25) is 0 Å². The lowest BCUT2D eigenvalue weighted by Crippen LogP contribution is -2.52. The van der Waals surface area contributed by atoms with Crippen molar-refractivity contribution in [3.8, 4) is 0 Å². The lowest BCUT2D eigenvalue weighted by atomic mass is 9.49. The molecule has 232 valence electrons. The van der Waals surface area contributed by atoms with Gasteiger partial charge in [-0.1, -0.05) is 56.7 Å². The maximum atomic E-state index is 13.7. The predicted octanol–water partition coefficient (Wildman–Crippen LogP) is 6.09. The summed E-state index contributed by atoms with van der Waals surface area (Å²) >= 11 is 0. The zero-order valence-corrected chi connectivity index (χ0v) is 25.7. The monoisotopic (exact) mass is 601 g/mol. The quantitative estimate of drug-likeness (QED) is 0.172. The number of rotatable bonds is 8. The van der Waals surface area contributed by atoms with E-state index in [1.54, 1.807) is 16.9 Å². The SMILES string of the molecule is CC(C)c1ccc2c(c1)CC[C@H]1[C@](C)(C(=O)OCc3cn(CC4CN(c5cccc([N+](=O)[O-])c5)C(=O)O4)nn3)CCC[C@]21C. The average molecular weight is 602 g/mol. The number of carbonyl (C=O) groups excluding carboxylic acids is 2. The van der Waals surface area contributed by atoms with E-state index in [9.17, 15) is 19.7 Å². The van der Waals surface area contributed by atoms with E-state index in [0.29, 0.717) is 17.3 Å². The van der Waals surface area contributed by atoms with Crippen molar-refractivity contribution >= 4 is 23.4 Å². The van der Waals surface area contributed by atoms with Gasteiger partial charge in [0, 0.05) is 12.1 Å². The Kier molecular flexibility index (Phi) is 7.67. The maximum absolute atomic E-state index is 13.7. The molecule has 4 atom stereocenters. The third kappa shape index (κ3) is 5.33. The minimum Gasteiger partial charge on any atom is -0.459 e. The number of hydrogen-bond donors (Lipinski definition) is 0. The van der Waals surface area contributed by atoms with Crippen LogP contribution in [0, 0.1) is 21.4 Å². The number of amides is 1. The normalized spacial score (nSPS) is 26.2. The van der Waals surface area contributed by atoms with Gasteiger partial charge in [-0.25, -0.2) is 9.48 Å². The third-order valence-corrected chi connectivity index (χ3v) is 10.1. The molecule has 2 aliphatic carbocycles. The first-order valence-electron chi connectivity index (χ1n) is 15.4. The second-order valence-electron chi connectivity index (χ2n) is 13.3. The molecule has 1 amide bonds. The molecule has 0 bridgehead atoms. The molecule has 44 heavy (non-hydrogen) atoms. The Labute approximate surface area is 256 Å². The highest BCUT2D eigenvalue weighted by atomic mass is 16.6. The largest absolute Gasteiger partial charge is 0.459 e. The van der Waals surface area contributed by atoms with Gasteiger partial charge in [0.2, 0.25) is 0 Å². The molecule has 2 fully saturated rings. The van der Waals surface area contributed by atoms with E-state index in [1.807, 2.05) is 0 Å². The smallest absolute Gasteiger partial charge is 0.414 e. The Morgan fingerprint density at radius 2 is 2.02 bits per heavy atom. The number of nitro groups is 1. The summed E-state index contributed by atoms with van der Waals surface area (Å²) in [5.74, 6) is 0.483. The Hall–Kier alpha value is -4.28. The van der Waals surface area contributed by atoms with Crippen molar-refractivity contribution in [1.29, 1.82) is 0 Å². The lowest BCUT2D eigenvalue weighted by Gasteiger charge is -2.54. The molecular formula is C33H39N5O6. The number of hydrogen-bond acceptors (Lipinski definition) is 8. The number of ether oxygens (including phenoxy) is 2. The van der Waals surface area contributed by atoms with Crippen LogP contribution in [-0.4, -0.2) is 44.6 Å². The molecule has 1 aromatic heterocycles. The summed E-state index contributed by atoms with van der Waals surface area (Å²) in [6.45, 7) is 9.32. The van der Waals surface area contributed by atoms with Crippen molar-refractivity contribution in [1.82, 2.24) is 15.0 Å². The third-order valence-electron chi connectivity index (χ3n) is 10.1. The second kappa shape index (κ2) is 11.3. The van der Waals surface area contributed by atoms with E-state index in [2.05, 4.69) is 56.2 Å². The number of carbonyl (C=O) groups is 2. The summed E-state index contributed by atoms with van der Waals surface area (Å²) in [7, 11) is 0. The van der Waals surface area contributed by atoms with Crippen LogP contribution < -0.4 is 4.90 Å². The minimum atomic E-state index is -0.592. The Morgan fingerprint density at radius 1 is 1.20 bits per heavy atom. The van der Waals surface area contributed by atoms with Gasteiger partial charge >= 0.3 is 12.1 Å². The Morgan fingerprint density at radius 3 is 2.80 bits per heavy atom. The highest BCUT2D eigenvalue weighted by Crippen LogP contribution is 2.57. The maximum Gasteiger partial charge on any atom is 0.414 e. The van der Waals surface area contributed by atoms with Crippen molar-refractivity contribution in [3.05, 3.63) is 81.2 Å². The molecule has 1 saturated carbocycles. The van der Waals surface area contributed by atoms with Gasteiger partial charge in [-0.05, 0) is 72.6 Å². The van der Waals surface area contributed by atoms with Crippen LogP contribution in [0.3, 0.4) is 0 Å². The van der Waals surface area contributed by atoms with Crippen LogP contribution in [0.4, 0.5) is 16.2 Å². The summed E-state index contributed by atoms with van der Waals surface area (Å²) < 4.78 is 12.9. The summed E-state index contributed by atoms with van der Waals surface area (Å²) in [6, 6.07) is 12.8. The fraction of sp³-hybridized carbons (Fsp3) is 0.515. The molecule has 6 rings (SSSR count). The molecule has 0 radical (unpaired) electrons. The first kappa shape index (κ1) is 29.8. The van der Waals surface area contributed by atoms with E-state index in [4.69, 9.17) is 9.47 Å². The molecule has 0 N–H and O–H groups in total. The van der Waals surface area contributed by atoms with E-state index in [1.165, 1.54) is 39.8 Å². The van der Waals surface area contributed by atoms with Gasteiger partial charge in [0.1, 0.15) is 18.4 Å². The number of esters is 1. The summed E-state index contributed by atoms with van der Waals surface area (Å²) in [5, 5.41) is 19.5. The summed E-state index contributed by atoms with van der Waals surface area (Å²) in [5.41, 5.74) is 4.31. The zero-order chi connectivity index (χ0) is 31.2. The molecule has 11 nitrogen and oxygen atoms in total. The van der Waals surface area contributed by atoms with Crippen LogP contribution >= 0.6 is 0 Å². The minimum absolute atomic E-state index is 0.0104. The average Bonchev–Trinajstić information content (AvgIpc) is 3.61. The van der Waals surface area contributed by atoms with Crippen LogP contribution in [-0.2, 0) is 39.3 Å². The molecule has 3 aliphatic rings. The highest BCUT2D eigenvalue weighted by molar-refractivity contribution is 5.90. The number of aromatic nitrogens is 3. The number of aryl methyl sites for hydroxylation is 1. The Bertz CT molecular complexity index is 1600. The van der Waals surface area contributed by atoms with Gasteiger partial charge < -0.3 is 9.47 Å². The highest BCUT2D eigenvalue weighted by Gasteiger charge is 2.55.